The Hall–Kier alpha value is -0.860. The van der Waals surface area contributed by atoms with Crippen LogP contribution in [0.4, 0.5) is 0 Å². The zero-order valence-electron chi connectivity index (χ0n) is 9.34. The Balaban J connectivity index is 2.21. The van der Waals surface area contributed by atoms with Gasteiger partial charge in [0, 0.05) is 0 Å². The molecule has 0 radical (unpaired) electrons. The lowest BCUT2D eigenvalue weighted by Crippen LogP contribution is -2.37. The first-order valence-electron chi connectivity index (χ1n) is 6.06. The first-order valence-corrected chi connectivity index (χ1v) is 6.06. The van der Waals surface area contributed by atoms with Crippen LogP contribution in [0, 0.1) is 11.3 Å². The molecule has 1 saturated carbocycles. The van der Waals surface area contributed by atoms with Gasteiger partial charge < -0.3 is 0 Å². The third-order valence-electron chi connectivity index (χ3n) is 4.01. The molecule has 2 aliphatic rings. The molecule has 0 aromatic carbocycles. The molecule has 2 amide bonds. The highest BCUT2D eigenvalue weighted by Crippen LogP contribution is 2.48. The van der Waals surface area contributed by atoms with Crippen molar-refractivity contribution in [1.82, 2.24) is 5.32 Å². The van der Waals surface area contributed by atoms with Gasteiger partial charge >= 0.3 is 0 Å². The van der Waals surface area contributed by atoms with E-state index in [0.29, 0.717) is 0 Å². The van der Waals surface area contributed by atoms with Crippen LogP contribution in [0.3, 0.4) is 0 Å². The van der Waals surface area contributed by atoms with E-state index in [1.807, 2.05) is 0 Å². The fourth-order valence-electron chi connectivity index (χ4n) is 3.12. The first-order chi connectivity index (χ1) is 7.20. The van der Waals surface area contributed by atoms with E-state index in [4.69, 9.17) is 0 Å². The minimum Gasteiger partial charge on any atom is -0.296 e. The number of hydrogen-bond acceptors (Lipinski definition) is 2. The van der Waals surface area contributed by atoms with E-state index in [-0.39, 0.29) is 23.1 Å². The summed E-state index contributed by atoms with van der Waals surface area (Å²) in [6.45, 7) is 2.13. The second kappa shape index (κ2) is 3.95. The van der Waals surface area contributed by atoms with Crippen LogP contribution in [0.15, 0.2) is 0 Å². The van der Waals surface area contributed by atoms with Crippen molar-refractivity contribution in [3.63, 3.8) is 0 Å². The second-order valence-corrected chi connectivity index (χ2v) is 4.88. The van der Waals surface area contributed by atoms with Crippen LogP contribution in [0.2, 0.25) is 0 Å². The molecule has 15 heavy (non-hydrogen) atoms. The first kappa shape index (κ1) is 10.7. The van der Waals surface area contributed by atoms with Crippen molar-refractivity contribution >= 4 is 11.8 Å². The Morgan fingerprint density at radius 2 is 2.20 bits per heavy atom. The molecular formula is C12H19NO2. The minimum absolute atomic E-state index is 0.00523. The highest BCUT2D eigenvalue weighted by molar-refractivity contribution is 6.07. The summed E-state index contributed by atoms with van der Waals surface area (Å²) in [5.41, 5.74) is -0.328. The highest BCUT2D eigenvalue weighted by atomic mass is 16.2. The van der Waals surface area contributed by atoms with Gasteiger partial charge in [0.2, 0.25) is 11.8 Å². The van der Waals surface area contributed by atoms with Gasteiger partial charge in [0.05, 0.1) is 11.3 Å². The number of hydrogen-bond donors (Lipinski definition) is 1. The van der Waals surface area contributed by atoms with Crippen LogP contribution in [0.25, 0.3) is 0 Å². The Bertz CT molecular complexity index is 287. The molecule has 2 unspecified atom stereocenters. The highest BCUT2D eigenvalue weighted by Gasteiger charge is 2.54. The van der Waals surface area contributed by atoms with Gasteiger partial charge in [-0.2, -0.15) is 0 Å². The monoisotopic (exact) mass is 209 g/mol. The maximum absolute atomic E-state index is 11.9. The second-order valence-electron chi connectivity index (χ2n) is 4.88. The molecule has 1 aliphatic heterocycles. The number of fused-ring (bicyclic) bond motifs is 1. The van der Waals surface area contributed by atoms with E-state index in [1.54, 1.807) is 0 Å². The summed E-state index contributed by atoms with van der Waals surface area (Å²) in [4.78, 5) is 23.6. The lowest BCUT2D eigenvalue weighted by molar-refractivity contribution is -0.131. The summed E-state index contributed by atoms with van der Waals surface area (Å²) in [5.74, 6) is -0.0354. The quantitative estimate of drug-likeness (QED) is 0.723. The minimum atomic E-state index is -0.328. The number of carbonyl (C=O) groups excluding carboxylic acids is 2. The molecular weight excluding hydrogens is 190 g/mol. The Labute approximate surface area is 90.6 Å². The van der Waals surface area contributed by atoms with Crippen LogP contribution in [-0.2, 0) is 9.59 Å². The van der Waals surface area contributed by atoms with E-state index in [9.17, 15) is 9.59 Å². The smallest absolute Gasteiger partial charge is 0.233 e. The van der Waals surface area contributed by atoms with Crippen LogP contribution in [0.1, 0.15) is 51.9 Å². The topological polar surface area (TPSA) is 46.2 Å². The van der Waals surface area contributed by atoms with Crippen molar-refractivity contribution in [2.24, 2.45) is 11.3 Å². The summed E-state index contributed by atoms with van der Waals surface area (Å²) in [6.07, 6.45) is 7.05. The van der Waals surface area contributed by atoms with Gasteiger partial charge in [-0.25, -0.2) is 0 Å². The standard InChI is InChI=1S/C12H19NO2/c1-2-3-7-12-8-5-4-6-9(12)10(14)13-11(12)15/h9H,2-8H2,1H3,(H,13,14,15). The lowest BCUT2D eigenvalue weighted by Gasteiger charge is -2.35. The SMILES string of the molecule is CCCCC12CCCCC1C(=O)NC2=O. The van der Waals surface area contributed by atoms with Gasteiger partial charge in [-0.3, -0.25) is 14.9 Å². The summed E-state index contributed by atoms with van der Waals surface area (Å²) in [6, 6.07) is 0. The molecule has 1 aliphatic carbocycles. The molecule has 0 spiro atoms. The summed E-state index contributed by atoms with van der Waals surface area (Å²) < 4.78 is 0. The number of amides is 2. The van der Waals surface area contributed by atoms with Crippen molar-refractivity contribution in [3.05, 3.63) is 0 Å². The fraction of sp³-hybridized carbons (Fsp3) is 0.833. The predicted molar refractivity (Wildman–Crippen MR) is 57.1 cm³/mol. The maximum Gasteiger partial charge on any atom is 0.233 e. The van der Waals surface area contributed by atoms with Crippen LogP contribution < -0.4 is 5.32 Å². The Morgan fingerprint density at radius 3 is 2.93 bits per heavy atom. The molecule has 1 saturated heterocycles. The van der Waals surface area contributed by atoms with E-state index in [2.05, 4.69) is 12.2 Å². The lowest BCUT2D eigenvalue weighted by atomic mass is 9.65. The molecule has 84 valence electrons. The largest absolute Gasteiger partial charge is 0.296 e. The Kier molecular flexibility index (Phi) is 2.81. The number of imide groups is 1. The number of unbranched alkanes of at least 4 members (excludes halogenated alkanes) is 1. The summed E-state index contributed by atoms with van der Waals surface area (Å²) >= 11 is 0. The summed E-state index contributed by atoms with van der Waals surface area (Å²) in [5, 5.41) is 2.53. The van der Waals surface area contributed by atoms with Gasteiger partial charge in [-0.15, -0.1) is 0 Å². The van der Waals surface area contributed by atoms with Crippen molar-refractivity contribution in [1.29, 1.82) is 0 Å². The van der Waals surface area contributed by atoms with Crippen LogP contribution in [-0.4, -0.2) is 11.8 Å². The number of nitrogens with one attached hydrogen (secondary N) is 1. The van der Waals surface area contributed by atoms with E-state index >= 15 is 0 Å². The zero-order chi connectivity index (χ0) is 10.9. The average Bonchev–Trinajstić information content (AvgIpc) is 2.50. The normalized spacial score (nSPS) is 35.1. The molecule has 0 aromatic heterocycles. The van der Waals surface area contributed by atoms with Gasteiger partial charge in [0.15, 0.2) is 0 Å². The molecule has 1 heterocycles. The molecule has 2 rings (SSSR count). The fourth-order valence-corrected chi connectivity index (χ4v) is 3.12. The molecule has 1 N–H and O–H groups in total. The maximum atomic E-state index is 11.9. The van der Waals surface area contributed by atoms with Crippen molar-refractivity contribution in [3.8, 4) is 0 Å². The summed E-state index contributed by atoms with van der Waals surface area (Å²) in [7, 11) is 0. The van der Waals surface area contributed by atoms with Crippen molar-refractivity contribution in [2.75, 3.05) is 0 Å². The van der Waals surface area contributed by atoms with Gasteiger partial charge in [-0.1, -0.05) is 32.6 Å². The molecule has 2 fully saturated rings. The third kappa shape index (κ3) is 1.58. The van der Waals surface area contributed by atoms with Gasteiger partial charge in [-0.05, 0) is 19.3 Å². The van der Waals surface area contributed by atoms with Gasteiger partial charge in [0.1, 0.15) is 0 Å². The zero-order valence-corrected chi connectivity index (χ0v) is 9.34. The molecule has 3 nitrogen and oxygen atoms in total. The molecule has 0 bridgehead atoms. The predicted octanol–water partition coefficient (Wildman–Crippen LogP) is 2.01. The van der Waals surface area contributed by atoms with Gasteiger partial charge in [0.25, 0.3) is 0 Å². The number of carbonyl (C=O) groups is 2. The van der Waals surface area contributed by atoms with Crippen LogP contribution >= 0.6 is 0 Å². The van der Waals surface area contributed by atoms with Crippen molar-refractivity contribution < 1.29 is 9.59 Å². The van der Waals surface area contributed by atoms with E-state index < -0.39 is 0 Å². The molecule has 3 heteroatoms. The van der Waals surface area contributed by atoms with E-state index in [0.717, 1.165) is 44.9 Å². The van der Waals surface area contributed by atoms with Crippen molar-refractivity contribution in [2.45, 2.75) is 51.9 Å². The Morgan fingerprint density at radius 1 is 1.40 bits per heavy atom. The molecule has 2 atom stereocenters. The van der Waals surface area contributed by atoms with E-state index in [1.165, 1.54) is 0 Å². The van der Waals surface area contributed by atoms with Crippen LogP contribution in [0.5, 0.6) is 0 Å². The third-order valence-corrected chi connectivity index (χ3v) is 4.01. The number of rotatable bonds is 3. The average molecular weight is 209 g/mol. The molecule has 0 aromatic rings.